The first-order valence-corrected chi connectivity index (χ1v) is 12.2. The van der Waals surface area contributed by atoms with Crippen LogP contribution in [0.3, 0.4) is 0 Å². The molecule has 1 aromatic rings. The Morgan fingerprint density at radius 2 is 1.54 bits per heavy atom. The van der Waals surface area contributed by atoms with Gasteiger partial charge in [-0.1, -0.05) is 18.9 Å². The standard InChI is InChI=1S/C17H24N2O5S2/c20-17(18-10-12-25(21,22)13-11-18)15-6-5-7-16(14-15)26(23,24)19-8-3-1-2-4-9-19/h5-7,14H,1-4,8-13H2. The van der Waals surface area contributed by atoms with Gasteiger partial charge in [0.1, 0.15) is 0 Å². The molecule has 26 heavy (non-hydrogen) atoms. The third-order valence-corrected chi connectivity index (χ3v) is 8.42. The predicted octanol–water partition coefficient (Wildman–Crippen LogP) is 1.12. The second-order valence-electron chi connectivity index (χ2n) is 6.79. The largest absolute Gasteiger partial charge is 0.337 e. The molecule has 2 saturated heterocycles. The smallest absolute Gasteiger partial charge is 0.253 e. The minimum Gasteiger partial charge on any atom is -0.337 e. The molecule has 3 rings (SSSR count). The Kier molecular flexibility index (Phi) is 5.69. The summed E-state index contributed by atoms with van der Waals surface area (Å²) in [7, 11) is -6.70. The van der Waals surface area contributed by atoms with E-state index in [1.807, 2.05) is 0 Å². The molecule has 2 aliphatic rings. The zero-order valence-corrected chi connectivity index (χ0v) is 16.3. The molecule has 144 valence electrons. The quantitative estimate of drug-likeness (QED) is 0.758. The molecule has 0 spiro atoms. The lowest BCUT2D eigenvalue weighted by Gasteiger charge is -2.27. The highest BCUT2D eigenvalue weighted by Gasteiger charge is 2.28. The Balaban J connectivity index is 1.80. The number of carbonyl (C=O) groups is 1. The molecule has 0 saturated carbocycles. The van der Waals surface area contributed by atoms with Gasteiger partial charge in [0, 0.05) is 31.7 Å². The molecule has 2 heterocycles. The van der Waals surface area contributed by atoms with E-state index >= 15 is 0 Å². The highest BCUT2D eigenvalue weighted by molar-refractivity contribution is 7.91. The predicted molar refractivity (Wildman–Crippen MR) is 98.2 cm³/mol. The summed E-state index contributed by atoms with van der Waals surface area (Å²) in [6.07, 6.45) is 3.75. The number of amides is 1. The molecule has 0 unspecified atom stereocenters. The van der Waals surface area contributed by atoms with Crippen LogP contribution in [-0.2, 0) is 19.9 Å². The second kappa shape index (κ2) is 7.66. The number of nitrogens with zero attached hydrogens (tertiary/aromatic N) is 2. The molecular formula is C17H24N2O5S2. The van der Waals surface area contributed by atoms with E-state index in [0.29, 0.717) is 13.1 Å². The summed E-state index contributed by atoms with van der Waals surface area (Å²) in [5.41, 5.74) is 0.278. The van der Waals surface area contributed by atoms with Crippen molar-refractivity contribution in [3.05, 3.63) is 29.8 Å². The highest BCUT2D eigenvalue weighted by atomic mass is 32.2. The topological polar surface area (TPSA) is 91.8 Å². The number of benzene rings is 1. The summed E-state index contributed by atoms with van der Waals surface area (Å²) in [5, 5.41) is 0. The van der Waals surface area contributed by atoms with Crippen molar-refractivity contribution in [3.63, 3.8) is 0 Å². The van der Waals surface area contributed by atoms with Crippen LogP contribution in [0.2, 0.25) is 0 Å². The van der Waals surface area contributed by atoms with Gasteiger partial charge in [0.25, 0.3) is 5.91 Å². The molecule has 0 atom stereocenters. The van der Waals surface area contributed by atoms with Crippen molar-refractivity contribution in [2.24, 2.45) is 0 Å². The van der Waals surface area contributed by atoms with Crippen LogP contribution >= 0.6 is 0 Å². The molecule has 2 aliphatic heterocycles. The molecule has 0 bridgehead atoms. The fraction of sp³-hybridized carbons (Fsp3) is 0.588. The number of sulfone groups is 1. The molecule has 0 aromatic heterocycles. The minimum absolute atomic E-state index is 0.0511. The summed E-state index contributed by atoms with van der Waals surface area (Å²) in [5.74, 6) is -0.428. The van der Waals surface area contributed by atoms with Gasteiger partial charge in [-0.2, -0.15) is 4.31 Å². The van der Waals surface area contributed by atoms with Crippen molar-refractivity contribution < 1.29 is 21.6 Å². The summed E-state index contributed by atoms with van der Waals surface area (Å²) in [6.45, 7) is 1.30. The van der Waals surface area contributed by atoms with Gasteiger partial charge < -0.3 is 4.90 Å². The van der Waals surface area contributed by atoms with Crippen LogP contribution in [0.4, 0.5) is 0 Å². The van der Waals surface area contributed by atoms with E-state index in [2.05, 4.69) is 0 Å². The highest BCUT2D eigenvalue weighted by Crippen LogP contribution is 2.22. The molecule has 7 nitrogen and oxygen atoms in total. The van der Waals surface area contributed by atoms with Crippen LogP contribution in [0.25, 0.3) is 0 Å². The van der Waals surface area contributed by atoms with Crippen LogP contribution in [0, 0.1) is 0 Å². The third kappa shape index (κ3) is 4.27. The monoisotopic (exact) mass is 400 g/mol. The molecule has 1 amide bonds. The van der Waals surface area contributed by atoms with Gasteiger partial charge in [0.05, 0.1) is 16.4 Å². The average molecular weight is 401 g/mol. The fourth-order valence-electron chi connectivity index (χ4n) is 3.32. The van der Waals surface area contributed by atoms with Crippen LogP contribution in [-0.4, -0.2) is 69.6 Å². The van der Waals surface area contributed by atoms with Gasteiger partial charge in [0.15, 0.2) is 9.84 Å². The second-order valence-corrected chi connectivity index (χ2v) is 11.0. The molecule has 0 aliphatic carbocycles. The summed E-state index contributed by atoms with van der Waals surface area (Å²) >= 11 is 0. The van der Waals surface area contributed by atoms with E-state index in [4.69, 9.17) is 0 Å². The third-order valence-electron chi connectivity index (χ3n) is 4.92. The maximum atomic E-state index is 12.9. The first kappa shape index (κ1) is 19.3. The Labute approximate surface area is 155 Å². The van der Waals surface area contributed by atoms with Gasteiger partial charge in [-0.05, 0) is 31.0 Å². The van der Waals surface area contributed by atoms with Crippen LogP contribution in [0.1, 0.15) is 36.0 Å². The van der Waals surface area contributed by atoms with E-state index < -0.39 is 19.9 Å². The van der Waals surface area contributed by atoms with Gasteiger partial charge in [-0.3, -0.25) is 4.79 Å². The SMILES string of the molecule is O=C(c1cccc(S(=O)(=O)N2CCCCCC2)c1)N1CCS(=O)(=O)CC1. The summed E-state index contributed by atoms with van der Waals surface area (Å²) in [4.78, 5) is 14.2. The molecule has 9 heteroatoms. The van der Waals surface area contributed by atoms with Crippen molar-refractivity contribution in [2.75, 3.05) is 37.7 Å². The van der Waals surface area contributed by atoms with Gasteiger partial charge in [0.2, 0.25) is 10.0 Å². The molecule has 2 fully saturated rings. The van der Waals surface area contributed by atoms with Crippen molar-refractivity contribution in [1.82, 2.24) is 9.21 Å². The lowest BCUT2D eigenvalue weighted by molar-refractivity contribution is 0.0770. The number of hydrogen-bond donors (Lipinski definition) is 0. The Bertz CT molecular complexity index is 858. The Morgan fingerprint density at radius 1 is 0.923 bits per heavy atom. The van der Waals surface area contributed by atoms with E-state index in [9.17, 15) is 21.6 Å². The number of rotatable bonds is 3. The Hall–Kier alpha value is -1.45. The maximum Gasteiger partial charge on any atom is 0.253 e. The van der Waals surface area contributed by atoms with E-state index in [0.717, 1.165) is 25.7 Å². The molecule has 0 radical (unpaired) electrons. The number of sulfonamides is 1. The summed E-state index contributed by atoms with van der Waals surface area (Å²) < 4.78 is 50.3. The van der Waals surface area contributed by atoms with Gasteiger partial charge in [-0.25, -0.2) is 16.8 Å². The lowest BCUT2D eigenvalue weighted by atomic mass is 10.2. The van der Waals surface area contributed by atoms with Gasteiger partial charge >= 0.3 is 0 Å². The zero-order chi connectivity index (χ0) is 18.8. The van der Waals surface area contributed by atoms with Crippen LogP contribution < -0.4 is 0 Å². The zero-order valence-electron chi connectivity index (χ0n) is 14.6. The number of carbonyl (C=O) groups excluding carboxylic acids is 1. The maximum absolute atomic E-state index is 12.9. The van der Waals surface area contributed by atoms with Crippen molar-refractivity contribution in [2.45, 2.75) is 30.6 Å². The molecule has 1 aromatic carbocycles. The van der Waals surface area contributed by atoms with Crippen LogP contribution in [0.15, 0.2) is 29.2 Å². The normalized spacial score (nSPS) is 21.9. The van der Waals surface area contributed by atoms with Crippen LogP contribution in [0.5, 0.6) is 0 Å². The number of hydrogen-bond acceptors (Lipinski definition) is 5. The average Bonchev–Trinajstić information content (AvgIpc) is 2.91. The minimum atomic E-state index is -3.62. The van der Waals surface area contributed by atoms with Crippen molar-refractivity contribution >= 4 is 25.8 Å². The van der Waals surface area contributed by atoms with Crippen molar-refractivity contribution in [3.8, 4) is 0 Å². The van der Waals surface area contributed by atoms with E-state index in [-0.39, 0.29) is 41.0 Å². The first-order chi connectivity index (χ1) is 12.3. The summed E-state index contributed by atoms with van der Waals surface area (Å²) in [6, 6.07) is 6.06. The van der Waals surface area contributed by atoms with Gasteiger partial charge in [-0.15, -0.1) is 0 Å². The Morgan fingerprint density at radius 3 is 2.15 bits per heavy atom. The van der Waals surface area contributed by atoms with E-state index in [1.54, 1.807) is 12.1 Å². The molecule has 0 N–H and O–H groups in total. The fourth-order valence-corrected chi connectivity index (χ4v) is 6.08. The molecular weight excluding hydrogens is 376 g/mol. The lowest BCUT2D eigenvalue weighted by Crippen LogP contribution is -2.43. The van der Waals surface area contributed by atoms with E-state index in [1.165, 1.54) is 21.3 Å². The van der Waals surface area contributed by atoms with Crippen molar-refractivity contribution in [1.29, 1.82) is 0 Å². The first-order valence-electron chi connectivity index (χ1n) is 8.89.